The van der Waals surface area contributed by atoms with Crippen LogP contribution < -0.4 is 5.43 Å². The number of hydrogen-bond acceptors (Lipinski definition) is 3. The van der Waals surface area contributed by atoms with Crippen molar-refractivity contribution in [2.24, 2.45) is 0 Å². The molecule has 122 valence electrons. The van der Waals surface area contributed by atoms with Gasteiger partial charge in [0.25, 0.3) is 0 Å². The molecule has 2 aromatic carbocycles. The lowest BCUT2D eigenvalue weighted by Crippen LogP contribution is -2.13. The molecule has 0 aliphatic heterocycles. The van der Waals surface area contributed by atoms with E-state index in [1.165, 1.54) is 6.07 Å². The summed E-state index contributed by atoms with van der Waals surface area (Å²) in [5, 5.41) is 8.99. The molecule has 5 heteroatoms. The molecule has 25 heavy (non-hydrogen) atoms. The number of nitrogens with zero attached hydrogens (tertiary/aromatic N) is 4. The molecule has 0 aliphatic carbocycles. The van der Waals surface area contributed by atoms with Crippen LogP contribution in [0.2, 0.25) is 0 Å². The predicted molar refractivity (Wildman–Crippen MR) is 97.1 cm³/mol. The molecule has 4 aromatic rings. The minimum atomic E-state index is -0.151. The molecule has 0 spiro atoms. The van der Waals surface area contributed by atoms with Gasteiger partial charge in [0, 0.05) is 18.5 Å². The van der Waals surface area contributed by atoms with Gasteiger partial charge in [0.2, 0.25) is 5.43 Å². The van der Waals surface area contributed by atoms with Crippen molar-refractivity contribution >= 4 is 0 Å². The topological polar surface area (TPSA) is 52.7 Å². The first-order valence-electron chi connectivity index (χ1n) is 7.99. The van der Waals surface area contributed by atoms with Gasteiger partial charge < -0.3 is 0 Å². The average Bonchev–Trinajstić information content (AvgIpc) is 3.13. The second-order valence-electron chi connectivity index (χ2n) is 5.79. The number of aromatic nitrogens is 4. The SMILES string of the molecule is Cc1cccc(-n2ccc(=O)c(-c3ccn(-c4ccccc4)n3)n2)c1. The summed E-state index contributed by atoms with van der Waals surface area (Å²) in [6, 6.07) is 21.0. The van der Waals surface area contributed by atoms with Crippen LogP contribution in [0, 0.1) is 6.92 Å². The van der Waals surface area contributed by atoms with E-state index < -0.39 is 0 Å². The van der Waals surface area contributed by atoms with E-state index in [1.807, 2.05) is 67.7 Å². The smallest absolute Gasteiger partial charge is 0.209 e. The fourth-order valence-corrected chi connectivity index (χ4v) is 2.67. The van der Waals surface area contributed by atoms with Gasteiger partial charge in [-0.05, 0) is 42.8 Å². The normalized spacial score (nSPS) is 10.8. The van der Waals surface area contributed by atoms with Crippen molar-refractivity contribution in [3.8, 4) is 22.8 Å². The van der Waals surface area contributed by atoms with Gasteiger partial charge in [0.15, 0.2) is 5.69 Å². The van der Waals surface area contributed by atoms with Crippen molar-refractivity contribution in [2.75, 3.05) is 0 Å². The summed E-state index contributed by atoms with van der Waals surface area (Å²) in [6.07, 6.45) is 3.50. The van der Waals surface area contributed by atoms with Crippen molar-refractivity contribution in [1.82, 2.24) is 19.6 Å². The second kappa shape index (κ2) is 6.20. The minimum absolute atomic E-state index is 0.151. The second-order valence-corrected chi connectivity index (χ2v) is 5.79. The first-order valence-corrected chi connectivity index (χ1v) is 7.99. The summed E-state index contributed by atoms with van der Waals surface area (Å²) in [5.41, 5.74) is 3.71. The quantitative estimate of drug-likeness (QED) is 0.579. The maximum atomic E-state index is 12.3. The summed E-state index contributed by atoms with van der Waals surface area (Å²) in [6.45, 7) is 2.02. The molecule has 0 atom stereocenters. The van der Waals surface area contributed by atoms with Gasteiger partial charge in [0.05, 0.1) is 11.4 Å². The largest absolute Gasteiger partial charge is 0.287 e. The minimum Gasteiger partial charge on any atom is -0.287 e. The monoisotopic (exact) mass is 328 g/mol. The number of rotatable bonds is 3. The highest BCUT2D eigenvalue weighted by atomic mass is 16.1. The van der Waals surface area contributed by atoms with Crippen molar-refractivity contribution in [2.45, 2.75) is 6.92 Å². The van der Waals surface area contributed by atoms with Crippen LogP contribution in [0.1, 0.15) is 5.56 Å². The van der Waals surface area contributed by atoms with Crippen LogP contribution in [0.5, 0.6) is 0 Å². The van der Waals surface area contributed by atoms with Crippen molar-refractivity contribution in [1.29, 1.82) is 0 Å². The van der Waals surface area contributed by atoms with Crippen LogP contribution in [-0.2, 0) is 0 Å². The van der Waals surface area contributed by atoms with Gasteiger partial charge in [-0.1, -0.05) is 30.3 Å². The molecule has 0 bridgehead atoms. The van der Waals surface area contributed by atoms with Gasteiger partial charge >= 0.3 is 0 Å². The lowest BCUT2D eigenvalue weighted by Gasteiger charge is -2.07. The molecule has 0 unspecified atom stereocenters. The Morgan fingerprint density at radius 3 is 2.28 bits per heavy atom. The third kappa shape index (κ3) is 2.99. The standard InChI is InChI=1S/C20H16N4O/c1-15-6-5-9-17(14-15)24-13-11-19(25)20(22-24)18-10-12-23(21-18)16-7-3-2-4-8-16/h2-14H,1H3. The van der Waals surface area contributed by atoms with Crippen LogP contribution in [0.15, 0.2) is 83.9 Å². The summed E-state index contributed by atoms with van der Waals surface area (Å²) in [5.74, 6) is 0. The Morgan fingerprint density at radius 2 is 1.48 bits per heavy atom. The third-order valence-corrected chi connectivity index (χ3v) is 3.93. The van der Waals surface area contributed by atoms with E-state index in [2.05, 4.69) is 10.2 Å². The van der Waals surface area contributed by atoms with E-state index in [0.29, 0.717) is 11.4 Å². The number of benzene rings is 2. The summed E-state index contributed by atoms with van der Waals surface area (Å²) in [7, 11) is 0. The maximum absolute atomic E-state index is 12.3. The molecule has 4 rings (SSSR count). The summed E-state index contributed by atoms with van der Waals surface area (Å²) in [4.78, 5) is 12.3. The number of para-hydroxylation sites is 1. The zero-order chi connectivity index (χ0) is 17.2. The Balaban J connectivity index is 1.77. The van der Waals surface area contributed by atoms with E-state index in [-0.39, 0.29) is 5.43 Å². The Bertz CT molecular complexity index is 1080. The molecule has 0 saturated carbocycles. The van der Waals surface area contributed by atoms with Gasteiger partial charge in [-0.3, -0.25) is 4.79 Å². The lowest BCUT2D eigenvalue weighted by molar-refractivity contribution is 0.829. The lowest BCUT2D eigenvalue weighted by atomic mass is 10.2. The van der Waals surface area contributed by atoms with Gasteiger partial charge in [-0.2, -0.15) is 10.2 Å². The van der Waals surface area contributed by atoms with Crippen LogP contribution >= 0.6 is 0 Å². The van der Waals surface area contributed by atoms with Crippen LogP contribution in [0.3, 0.4) is 0 Å². The first-order chi connectivity index (χ1) is 12.2. The Morgan fingerprint density at radius 1 is 0.760 bits per heavy atom. The Kier molecular flexibility index (Phi) is 3.74. The van der Waals surface area contributed by atoms with E-state index in [0.717, 1.165) is 16.9 Å². The average molecular weight is 328 g/mol. The zero-order valence-electron chi connectivity index (χ0n) is 13.7. The van der Waals surface area contributed by atoms with Gasteiger partial charge in [0.1, 0.15) is 5.69 Å². The van der Waals surface area contributed by atoms with Gasteiger partial charge in [-0.15, -0.1) is 0 Å². The highest BCUT2D eigenvalue weighted by Crippen LogP contribution is 2.15. The maximum Gasteiger partial charge on any atom is 0.209 e. The molecule has 0 amide bonds. The van der Waals surface area contributed by atoms with Crippen molar-refractivity contribution in [3.63, 3.8) is 0 Å². The summed E-state index contributed by atoms with van der Waals surface area (Å²) >= 11 is 0. The molecule has 0 radical (unpaired) electrons. The Labute approximate surface area is 144 Å². The van der Waals surface area contributed by atoms with Crippen molar-refractivity contribution < 1.29 is 0 Å². The molecule has 0 N–H and O–H groups in total. The van der Waals surface area contributed by atoms with E-state index in [9.17, 15) is 4.79 Å². The Hall–Kier alpha value is -3.47. The van der Waals surface area contributed by atoms with Crippen LogP contribution in [0.25, 0.3) is 22.8 Å². The molecule has 5 nitrogen and oxygen atoms in total. The van der Waals surface area contributed by atoms with E-state index in [1.54, 1.807) is 21.6 Å². The number of aryl methyl sites for hydroxylation is 1. The van der Waals surface area contributed by atoms with E-state index in [4.69, 9.17) is 0 Å². The highest BCUT2D eigenvalue weighted by Gasteiger charge is 2.11. The molecule has 0 fully saturated rings. The molecular formula is C20H16N4O. The van der Waals surface area contributed by atoms with E-state index >= 15 is 0 Å². The zero-order valence-corrected chi connectivity index (χ0v) is 13.7. The first kappa shape index (κ1) is 15.1. The van der Waals surface area contributed by atoms with Crippen molar-refractivity contribution in [3.05, 3.63) is 94.9 Å². The van der Waals surface area contributed by atoms with Gasteiger partial charge in [-0.25, -0.2) is 9.36 Å². The molecule has 2 heterocycles. The molecular weight excluding hydrogens is 312 g/mol. The highest BCUT2D eigenvalue weighted by molar-refractivity contribution is 5.53. The molecule has 0 saturated heterocycles. The van der Waals surface area contributed by atoms with Crippen LogP contribution in [0.4, 0.5) is 0 Å². The molecule has 2 aromatic heterocycles. The fourth-order valence-electron chi connectivity index (χ4n) is 2.67. The fraction of sp³-hybridized carbons (Fsp3) is 0.0500. The van der Waals surface area contributed by atoms with Crippen LogP contribution in [-0.4, -0.2) is 19.6 Å². The summed E-state index contributed by atoms with van der Waals surface area (Å²) < 4.78 is 3.44. The third-order valence-electron chi connectivity index (χ3n) is 3.93. The number of hydrogen-bond donors (Lipinski definition) is 0. The molecule has 0 aliphatic rings. The predicted octanol–water partition coefficient (Wildman–Crippen LogP) is 3.39.